The normalized spacial score (nSPS) is 18.9. The minimum atomic E-state index is -4.11. The van der Waals surface area contributed by atoms with Crippen LogP contribution in [-0.2, 0) is 19.9 Å². The molecule has 0 saturated carbocycles. The molecule has 1 saturated heterocycles. The number of benzene rings is 1. The first-order valence-corrected chi connectivity index (χ1v) is 15.2. The number of hydrogen-bond donors (Lipinski definition) is 1. The molecule has 208 valence electrons. The maximum absolute atomic E-state index is 13.5. The van der Waals surface area contributed by atoms with Gasteiger partial charge in [0.25, 0.3) is 0 Å². The van der Waals surface area contributed by atoms with E-state index in [1.807, 2.05) is 13.8 Å². The fraction of sp³-hybridized carbons (Fsp3) is 0.500. The highest BCUT2D eigenvalue weighted by Gasteiger charge is 2.39. The van der Waals surface area contributed by atoms with Crippen molar-refractivity contribution < 1.29 is 26.3 Å². The van der Waals surface area contributed by atoms with E-state index in [9.17, 15) is 16.8 Å². The van der Waals surface area contributed by atoms with E-state index < -0.39 is 36.3 Å². The third-order valence-corrected chi connectivity index (χ3v) is 10.4. The molecule has 0 radical (unpaired) electrons. The Hall–Kier alpha value is -3.26. The van der Waals surface area contributed by atoms with Crippen LogP contribution >= 0.6 is 0 Å². The number of allylic oxidation sites excluding steroid dienone is 1. The van der Waals surface area contributed by atoms with E-state index in [-0.39, 0.29) is 29.0 Å². The van der Waals surface area contributed by atoms with Gasteiger partial charge in [0.1, 0.15) is 28.3 Å². The first-order chi connectivity index (χ1) is 17.9. The fourth-order valence-corrected chi connectivity index (χ4v) is 7.21. The Morgan fingerprint density at radius 1 is 1.21 bits per heavy atom. The second-order valence-corrected chi connectivity index (χ2v) is 13.6. The molecule has 14 heteroatoms. The van der Waals surface area contributed by atoms with Crippen LogP contribution < -0.4 is 14.2 Å². The van der Waals surface area contributed by atoms with Gasteiger partial charge in [-0.2, -0.15) is 0 Å². The van der Waals surface area contributed by atoms with Gasteiger partial charge in [0.05, 0.1) is 25.2 Å². The zero-order valence-electron chi connectivity index (χ0n) is 22.4. The molecule has 2 heterocycles. The lowest BCUT2D eigenvalue weighted by molar-refractivity contribution is 0.390. The van der Waals surface area contributed by atoms with Crippen molar-refractivity contribution in [1.82, 2.24) is 14.8 Å². The van der Waals surface area contributed by atoms with Gasteiger partial charge in [0.15, 0.2) is 15.7 Å². The van der Waals surface area contributed by atoms with Gasteiger partial charge in [-0.25, -0.2) is 26.8 Å². The van der Waals surface area contributed by atoms with Gasteiger partial charge >= 0.3 is 0 Å². The van der Waals surface area contributed by atoms with Crippen LogP contribution in [0, 0.1) is 5.92 Å². The number of para-hydroxylation sites is 1. The van der Waals surface area contributed by atoms with Gasteiger partial charge in [-0.05, 0) is 52.5 Å². The number of ether oxygens (including phenoxy) is 2. The molecule has 1 N–H and O–H groups in total. The minimum absolute atomic E-state index is 0.00550. The summed E-state index contributed by atoms with van der Waals surface area (Å²) in [6.07, 6.45) is 2.38. The number of hydrogen-bond acceptors (Lipinski definition) is 9. The second kappa shape index (κ2) is 11.6. The van der Waals surface area contributed by atoms with Crippen LogP contribution in [0.2, 0.25) is 0 Å². The van der Waals surface area contributed by atoms with E-state index in [0.717, 1.165) is 5.57 Å². The van der Waals surface area contributed by atoms with E-state index in [1.54, 1.807) is 31.3 Å². The summed E-state index contributed by atoms with van der Waals surface area (Å²) >= 11 is 0. The molecule has 0 spiro atoms. The molecule has 1 aliphatic heterocycles. The largest absolute Gasteiger partial charge is 0.494 e. The lowest BCUT2D eigenvalue weighted by Gasteiger charge is -2.22. The van der Waals surface area contributed by atoms with Crippen LogP contribution in [0.3, 0.4) is 0 Å². The predicted molar refractivity (Wildman–Crippen MR) is 148 cm³/mol. The number of sulfone groups is 1. The van der Waals surface area contributed by atoms with E-state index >= 15 is 0 Å². The predicted octanol–water partition coefficient (Wildman–Crippen LogP) is 3.32. The summed E-state index contributed by atoms with van der Waals surface area (Å²) in [4.78, 5) is 8.18. The van der Waals surface area contributed by atoms with Crippen molar-refractivity contribution in [2.45, 2.75) is 51.0 Å². The van der Waals surface area contributed by atoms with Crippen molar-refractivity contribution in [2.24, 2.45) is 15.9 Å². The van der Waals surface area contributed by atoms with Gasteiger partial charge in [-0.3, -0.25) is 9.29 Å². The molecular formula is C24H34N6O6S2. The molecule has 2 aromatic rings. The highest BCUT2D eigenvalue weighted by atomic mass is 32.2. The standard InChI is InChI=1S/C24H34N6O6S2/c1-15(2)14-26-22(25-5)16(3)17(4)38(33,34)29-24-28-27-23(20-12-9-13-37(20,31)32)30(24)21-18(35-6)10-8-11-19(21)36-7/h8,10-11,14,16-17,20H,5,9,12-13H2,1-4,6-7H3,(H,28,29)/b26-22-/t16-,17-,20+/m0/s1. The molecular weight excluding hydrogens is 532 g/mol. The van der Waals surface area contributed by atoms with Crippen LogP contribution in [0.25, 0.3) is 5.69 Å². The molecule has 1 aromatic carbocycles. The molecule has 12 nitrogen and oxygen atoms in total. The summed E-state index contributed by atoms with van der Waals surface area (Å²) in [7, 11) is -4.74. The second-order valence-electron chi connectivity index (χ2n) is 9.22. The van der Waals surface area contributed by atoms with Crippen LogP contribution in [0.15, 0.2) is 40.0 Å². The smallest absolute Gasteiger partial charge is 0.243 e. The molecule has 1 aromatic heterocycles. The van der Waals surface area contributed by atoms with Crippen molar-refractivity contribution in [3.05, 3.63) is 35.8 Å². The van der Waals surface area contributed by atoms with E-state index in [1.165, 1.54) is 25.7 Å². The van der Waals surface area contributed by atoms with Gasteiger partial charge < -0.3 is 9.47 Å². The van der Waals surface area contributed by atoms with Gasteiger partial charge in [0, 0.05) is 12.1 Å². The Morgan fingerprint density at radius 3 is 2.34 bits per heavy atom. The SMILES string of the molecule is C=N/C(=N\C=C(C)C)[C@@H](C)[C@H](C)S(=O)(=O)Nc1nnc([C@H]2CCCS2(=O)=O)n1-c1c(OC)cccc1OC. The van der Waals surface area contributed by atoms with Crippen molar-refractivity contribution >= 4 is 38.4 Å². The van der Waals surface area contributed by atoms with E-state index in [0.29, 0.717) is 24.3 Å². The number of methoxy groups -OCH3 is 2. The maximum atomic E-state index is 13.5. The Balaban J connectivity index is 2.16. The summed E-state index contributed by atoms with van der Waals surface area (Å²) in [6.45, 7) is 10.4. The molecule has 0 bridgehead atoms. The average Bonchev–Trinajstić information content (AvgIpc) is 3.43. The van der Waals surface area contributed by atoms with Gasteiger partial charge in [-0.1, -0.05) is 18.6 Å². The zero-order valence-corrected chi connectivity index (χ0v) is 24.0. The van der Waals surface area contributed by atoms with Crippen LogP contribution in [0.4, 0.5) is 5.95 Å². The quantitative estimate of drug-likeness (QED) is 0.339. The summed E-state index contributed by atoms with van der Waals surface area (Å²) in [5.74, 6) is 0.137. The third-order valence-electron chi connectivity index (χ3n) is 6.38. The summed E-state index contributed by atoms with van der Waals surface area (Å²) in [5, 5.41) is 6.24. The Kier molecular flexibility index (Phi) is 8.97. The highest BCUT2D eigenvalue weighted by molar-refractivity contribution is 7.93. The maximum Gasteiger partial charge on any atom is 0.243 e. The van der Waals surface area contributed by atoms with Crippen LogP contribution in [0.5, 0.6) is 11.5 Å². The summed E-state index contributed by atoms with van der Waals surface area (Å²) in [5.41, 5.74) is 1.19. The zero-order chi connectivity index (χ0) is 28.3. The van der Waals surface area contributed by atoms with Crippen molar-refractivity contribution in [3.8, 4) is 17.2 Å². The third kappa shape index (κ3) is 5.90. The number of sulfonamides is 1. The Morgan fingerprint density at radius 2 is 1.84 bits per heavy atom. The van der Waals surface area contributed by atoms with Crippen LogP contribution in [0.1, 0.15) is 51.6 Å². The fourth-order valence-electron chi connectivity index (χ4n) is 4.12. The van der Waals surface area contributed by atoms with Gasteiger partial charge in [0.2, 0.25) is 16.0 Å². The molecule has 0 aliphatic carbocycles. The number of rotatable bonds is 10. The summed E-state index contributed by atoms with van der Waals surface area (Å²) < 4.78 is 67.7. The number of aliphatic imine (C=N–C) groups is 2. The number of anilines is 1. The number of amidine groups is 1. The van der Waals surface area contributed by atoms with Crippen LogP contribution in [-0.4, -0.2) is 69.4 Å². The van der Waals surface area contributed by atoms with Crippen molar-refractivity contribution in [3.63, 3.8) is 0 Å². The first-order valence-electron chi connectivity index (χ1n) is 12.0. The average molecular weight is 567 g/mol. The van der Waals surface area contributed by atoms with Crippen molar-refractivity contribution in [1.29, 1.82) is 0 Å². The Labute approximate surface area is 223 Å². The van der Waals surface area contributed by atoms with E-state index in [2.05, 4.69) is 31.6 Å². The molecule has 3 rings (SSSR count). The topological polar surface area (TPSA) is 154 Å². The molecule has 1 aliphatic rings. The van der Waals surface area contributed by atoms with Gasteiger partial charge in [-0.15, -0.1) is 10.2 Å². The number of nitrogens with zero attached hydrogens (tertiary/aromatic N) is 5. The Bertz CT molecular complexity index is 1440. The van der Waals surface area contributed by atoms with Crippen molar-refractivity contribution in [2.75, 3.05) is 24.7 Å². The molecule has 3 atom stereocenters. The van der Waals surface area contributed by atoms with E-state index in [4.69, 9.17) is 9.47 Å². The molecule has 0 unspecified atom stereocenters. The number of aromatic nitrogens is 3. The number of nitrogens with one attached hydrogen (secondary N) is 1. The summed E-state index contributed by atoms with van der Waals surface area (Å²) in [6, 6.07) is 4.99. The minimum Gasteiger partial charge on any atom is -0.494 e. The molecule has 1 fully saturated rings. The lowest BCUT2D eigenvalue weighted by atomic mass is 10.1. The molecule has 38 heavy (non-hydrogen) atoms. The molecule has 0 amide bonds. The first kappa shape index (κ1) is 29.3. The lowest BCUT2D eigenvalue weighted by Crippen LogP contribution is -2.35. The monoisotopic (exact) mass is 566 g/mol. The highest BCUT2D eigenvalue weighted by Crippen LogP contribution is 2.41.